The maximum Gasteiger partial charge on any atom is 0.410 e. The predicted octanol–water partition coefficient (Wildman–Crippen LogP) is 2.93. The van der Waals surface area contributed by atoms with E-state index in [9.17, 15) is 14.4 Å². The molecule has 0 unspecified atom stereocenters. The summed E-state index contributed by atoms with van der Waals surface area (Å²) in [5, 5.41) is 11.5. The molecule has 7 heteroatoms. The Labute approximate surface area is 137 Å². The lowest BCUT2D eigenvalue weighted by Crippen LogP contribution is -2.41. The summed E-state index contributed by atoms with van der Waals surface area (Å²) in [6.07, 6.45) is 0.548. The summed E-state index contributed by atoms with van der Waals surface area (Å²) in [6, 6.07) is -0.522. The van der Waals surface area contributed by atoms with Crippen LogP contribution in [-0.4, -0.2) is 35.5 Å². The molecule has 0 spiro atoms. The number of amides is 1. The van der Waals surface area contributed by atoms with Gasteiger partial charge in [-0.05, 0) is 12.3 Å². The largest absolute Gasteiger partial charge is 0.481 e. The molecule has 7 nitrogen and oxygen atoms in total. The zero-order valence-electron chi connectivity index (χ0n) is 14.6. The van der Waals surface area contributed by atoms with Crippen LogP contribution < -0.4 is 5.32 Å². The van der Waals surface area contributed by atoms with E-state index in [1.54, 1.807) is 13.8 Å². The van der Waals surface area contributed by atoms with Crippen molar-refractivity contribution in [2.75, 3.05) is 0 Å². The van der Waals surface area contributed by atoms with Crippen molar-refractivity contribution in [1.82, 2.24) is 5.32 Å². The van der Waals surface area contributed by atoms with Crippen molar-refractivity contribution in [2.24, 2.45) is 11.8 Å². The number of ether oxygens (including phenoxy) is 2. The Morgan fingerprint density at radius 2 is 1.74 bits per heavy atom. The molecule has 1 amide bonds. The van der Waals surface area contributed by atoms with E-state index in [0.717, 1.165) is 12.8 Å². The number of hydrogen-bond donors (Lipinski definition) is 2. The molecule has 0 aliphatic rings. The van der Waals surface area contributed by atoms with Gasteiger partial charge in [0, 0.05) is 18.9 Å². The third-order valence-corrected chi connectivity index (χ3v) is 3.26. The summed E-state index contributed by atoms with van der Waals surface area (Å²) in [5.41, 5.74) is 0. The maximum atomic E-state index is 12.0. The topological polar surface area (TPSA) is 102 Å². The van der Waals surface area contributed by atoms with Crippen molar-refractivity contribution in [3.63, 3.8) is 0 Å². The molecule has 0 heterocycles. The number of aliphatic carboxylic acids is 1. The first kappa shape index (κ1) is 21.2. The van der Waals surface area contributed by atoms with Crippen LogP contribution in [0.2, 0.25) is 0 Å². The summed E-state index contributed by atoms with van der Waals surface area (Å²) < 4.78 is 10.0. The SMILES string of the molecule is CCC[C@@H](C)C[C@@H](CC(=O)O)NC(=O)O[C@@H](OC(C)=O)C(C)C. The number of carboxylic acids is 1. The average molecular weight is 331 g/mol. The van der Waals surface area contributed by atoms with Crippen molar-refractivity contribution in [1.29, 1.82) is 0 Å². The van der Waals surface area contributed by atoms with Crippen LogP contribution in [0.5, 0.6) is 0 Å². The van der Waals surface area contributed by atoms with E-state index in [1.165, 1.54) is 6.92 Å². The molecule has 0 aliphatic carbocycles. The Morgan fingerprint density at radius 1 is 1.13 bits per heavy atom. The molecule has 2 N–H and O–H groups in total. The van der Waals surface area contributed by atoms with E-state index >= 15 is 0 Å². The van der Waals surface area contributed by atoms with E-state index < -0.39 is 30.4 Å². The van der Waals surface area contributed by atoms with Gasteiger partial charge in [0.1, 0.15) is 0 Å². The Balaban J connectivity index is 4.66. The van der Waals surface area contributed by atoms with Crippen molar-refractivity contribution >= 4 is 18.0 Å². The number of nitrogens with one attached hydrogen (secondary N) is 1. The fraction of sp³-hybridized carbons (Fsp3) is 0.812. The Hall–Kier alpha value is -1.79. The van der Waals surface area contributed by atoms with E-state index in [-0.39, 0.29) is 12.3 Å². The monoisotopic (exact) mass is 331 g/mol. The van der Waals surface area contributed by atoms with Crippen LogP contribution in [0.3, 0.4) is 0 Å². The normalized spacial score (nSPS) is 14.7. The minimum absolute atomic E-state index is 0.178. The van der Waals surface area contributed by atoms with Crippen LogP contribution in [0.1, 0.15) is 60.3 Å². The third kappa shape index (κ3) is 10.5. The summed E-state index contributed by atoms with van der Waals surface area (Å²) in [6.45, 7) is 8.80. The summed E-state index contributed by atoms with van der Waals surface area (Å²) in [4.78, 5) is 33.9. The summed E-state index contributed by atoms with van der Waals surface area (Å²) >= 11 is 0. The molecule has 0 fully saturated rings. The number of carboxylic acid groups (broad SMARTS) is 1. The van der Waals surface area contributed by atoms with Crippen LogP contribution in [0, 0.1) is 11.8 Å². The first-order chi connectivity index (χ1) is 10.6. The molecule has 0 aromatic carbocycles. The first-order valence-electron chi connectivity index (χ1n) is 8.01. The molecular formula is C16H29NO6. The van der Waals surface area contributed by atoms with Gasteiger partial charge >= 0.3 is 18.0 Å². The van der Waals surface area contributed by atoms with E-state index in [2.05, 4.69) is 12.2 Å². The Bertz CT molecular complexity index is 396. The first-order valence-corrected chi connectivity index (χ1v) is 8.01. The van der Waals surface area contributed by atoms with Crippen LogP contribution >= 0.6 is 0 Å². The number of carbonyl (C=O) groups is 3. The van der Waals surface area contributed by atoms with Crippen LogP contribution in [0.4, 0.5) is 4.79 Å². The van der Waals surface area contributed by atoms with Gasteiger partial charge in [0.2, 0.25) is 0 Å². The fourth-order valence-electron chi connectivity index (χ4n) is 2.27. The van der Waals surface area contributed by atoms with Crippen molar-refractivity contribution in [3.8, 4) is 0 Å². The number of alkyl carbamates (subject to hydrolysis) is 1. The van der Waals surface area contributed by atoms with Gasteiger partial charge < -0.3 is 19.9 Å². The molecule has 0 saturated carbocycles. The second-order valence-electron chi connectivity index (χ2n) is 6.20. The molecule has 0 aromatic rings. The number of rotatable bonds is 10. The van der Waals surface area contributed by atoms with Crippen molar-refractivity contribution in [2.45, 2.75) is 72.6 Å². The molecule has 0 bridgehead atoms. The molecule has 0 aliphatic heterocycles. The molecule has 0 radical (unpaired) electrons. The van der Waals surface area contributed by atoms with E-state index in [4.69, 9.17) is 14.6 Å². The third-order valence-electron chi connectivity index (χ3n) is 3.26. The molecule has 0 rings (SSSR count). The van der Waals surface area contributed by atoms with Crippen LogP contribution in [0.15, 0.2) is 0 Å². The highest BCUT2D eigenvalue weighted by atomic mass is 16.7. The van der Waals surface area contributed by atoms with Gasteiger partial charge in [-0.3, -0.25) is 9.59 Å². The molecule has 23 heavy (non-hydrogen) atoms. The zero-order chi connectivity index (χ0) is 18.0. The van der Waals surface area contributed by atoms with Gasteiger partial charge in [0.25, 0.3) is 6.29 Å². The van der Waals surface area contributed by atoms with E-state index in [1.807, 2.05) is 6.92 Å². The lowest BCUT2D eigenvalue weighted by Gasteiger charge is -2.24. The predicted molar refractivity (Wildman–Crippen MR) is 84.7 cm³/mol. The standard InChI is InChI=1S/C16H29NO6/c1-6-7-11(4)8-13(9-14(19)20)17-16(21)23-15(10(2)3)22-12(5)18/h10-11,13,15H,6-9H2,1-5H3,(H,17,21)(H,19,20)/t11-,13+,15-/m1/s1. The zero-order valence-corrected chi connectivity index (χ0v) is 14.6. The van der Waals surface area contributed by atoms with Crippen LogP contribution in [-0.2, 0) is 19.1 Å². The molecular weight excluding hydrogens is 302 g/mol. The highest BCUT2D eigenvalue weighted by molar-refractivity contribution is 5.71. The number of hydrogen-bond acceptors (Lipinski definition) is 5. The minimum atomic E-state index is -0.994. The van der Waals surface area contributed by atoms with Gasteiger partial charge in [-0.15, -0.1) is 0 Å². The molecule has 0 saturated heterocycles. The average Bonchev–Trinajstić information content (AvgIpc) is 2.36. The molecule has 3 atom stereocenters. The van der Waals surface area contributed by atoms with Crippen molar-refractivity contribution in [3.05, 3.63) is 0 Å². The molecule has 0 aromatic heterocycles. The van der Waals surface area contributed by atoms with Gasteiger partial charge in [-0.1, -0.05) is 40.5 Å². The molecule has 134 valence electrons. The Morgan fingerprint density at radius 3 is 2.17 bits per heavy atom. The van der Waals surface area contributed by atoms with Crippen LogP contribution in [0.25, 0.3) is 0 Å². The second kappa shape index (κ2) is 10.9. The highest BCUT2D eigenvalue weighted by Gasteiger charge is 2.24. The number of carbonyl (C=O) groups excluding carboxylic acids is 2. The van der Waals surface area contributed by atoms with E-state index in [0.29, 0.717) is 12.3 Å². The lowest BCUT2D eigenvalue weighted by atomic mass is 9.95. The van der Waals surface area contributed by atoms with Gasteiger partial charge in [-0.25, -0.2) is 4.79 Å². The summed E-state index contributed by atoms with van der Waals surface area (Å²) in [7, 11) is 0. The quantitative estimate of drug-likeness (QED) is 0.471. The second-order valence-corrected chi connectivity index (χ2v) is 6.20. The smallest absolute Gasteiger partial charge is 0.410 e. The van der Waals surface area contributed by atoms with Gasteiger partial charge in [0.05, 0.1) is 6.42 Å². The lowest BCUT2D eigenvalue weighted by molar-refractivity contribution is -0.172. The maximum absolute atomic E-state index is 12.0. The van der Waals surface area contributed by atoms with Gasteiger partial charge in [0.15, 0.2) is 0 Å². The number of esters is 1. The Kier molecular flexibility index (Phi) is 10.0. The van der Waals surface area contributed by atoms with Gasteiger partial charge in [-0.2, -0.15) is 0 Å². The summed E-state index contributed by atoms with van der Waals surface area (Å²) in [5.74, 6) is -1.45. The minimum Gasteiger partial charge on any atom is -0.481 e. The highest BCUT2D eigenvalue weighted by Crippen LogP contribution is 2.15. The fourth-order valence-corrected chi connectivity index (χ4v) is 2.27. The van der Waals surface area contributed by atoms with Crippen molar-refractivity contribution < 1.29 is 29.0 Å².